The van der Waals surface area contributed by atoms with E-state index < -0.39 is 17.4 Å². The van der Waals surface area contributed by atoms with Crippen LogP contribution in [-0.2, 0) is 24.6 Å². The topological polar surface area (TPSA) is 114 Å². The number of carbonyl (C=O) groups excluding carboxylic acids is 4. The van der Waals surface area contributed by atoms with Gasteiger partial charge in [0.05, 0.1) is 12.5 Å². The number of hydrogen-bond acceptors (Lipinski definition) is 5. The van der Waals surface area contributed by atoms with Gasteiger partial charge in [-0.15, -0.1) is 0 Å². The summed E-state index contributed by atoms with van der Waals surface area (Å²) in [6, 6.07) is 13.5. The number of methoxy groups -OCH3 is 1. The van der Waals surface area contributed by atoms with Crippen molar-refractivity contribution in [3.8, 4) is 5.75 Å². The second kappa shape index (κ2) is 10.8. The first-order valence-corrected chi connectivity index (χ1v) is 11.2. The summed E-state index contributed by atoms with van der Waals surface area (Å²) in [6.07, 6.45) is 4.32. The van der Waals surface area contributed by atoms with Crippen molar-refractivity contribution in [3.63, 3.8) is 0 Å². The third-order valence-electron chi connectivity index (χ3n) is 6.07. The van der Waals surface area contributed by atoms with Crippen LogP contribution >= 0.6 is 0 Å². The molecule has 3 rings (SSSR count). The third-order valence-corrected chi connectivity index (χ3v) is 6.07. The molecule has 0 aliphatic carbocycles. The van der Waals surface area contributed by atoms with Crippen molar-refractivity contribution in [2.75, 3.05) is 12.4 Å². The van der Waals surface area contributed by atoms with Gasteiger partial charge in [0.1, 0.15) is 11.8 Å². The maximum atomic E-state index is 12.5. The smallest absolute Gasteiger partial charge is 0.246 e. The Kier molecular flexibility index (Phi) is 7.83. The SMILES string of the molecule is CCC1(c2ccc(NC(=O)C(C)NC(=O)/C=C/c3ccc(OC)cc3)cc2)CCC(=O)NC1=O. The van der Waals surface area contributed by atoms with Crippen molar-refractivity contribution in [2.24, 2.45) is 0 Å². The number of nitrogens with one attached hydrogen (secondary N) is 3. The molecule has 0 spiro atoms. The normalized spacial score (nSPS) is 18.8. The fourth-order valence-electron chi connectivity index (χ4n) is 3.90. The Morgan fingerprint density at radius 1 is 1.12 bits per heavy atom. The molecule has 0 bridgehead atoms. The molecule has 4 amide bonds. The van der Waals surface area contributed by atoms with Crippen LogP contribution in [0.25, 0.3) is 6.08 Å². The second-order valence-corrected chi connectivity index (χ2v) is 8.22. The molecule has 1 aliphatic heterocycles. The van der Waals surface area contributed by atoms with Crippen LogP contribution < -0.4 is 20.7 Å². The quantitative estimate of drug-likeness (QED) is 0.412. The summed E-state index contributed by atoms with van der Waals surface area (Å²) in [5.41, 5.74) is 1.41. The average molecular weight is 464 g/mol. The predicted molar refractivity (Wildman–Crippen MR) is 129 cm³/mol. The zero-order valence-corrected chi connectivity index (χ0v) is 19.5. The molecule has 2 unspecified atom stereocenters. The molecule has 8 nitrogen and oxygen atoms in total. The highest BCUT2D eigenvalue weighted by Gasteiger charge is 2.42. The van der Waals surface area contributed by atoms with Crippen molar-refractivity contribution in [1.29, 1.82) is 0 Å². The summed E-state index contributed by atoms with van der Waals surface area (Å²) in [7, 11) is 1.58. The van der Waals surface area contributed by atoms with Crippen molar-refractivity contribution >= 4 is 35.4 Å². The number of amides is 4. The van der Waals surface area contributed by atoms with E-state index in [1.54, 1.807) is 56.5 Å². The molecule has 1 heterocycles. The zero-order chi connectivity index (χ0) is 24.7. The Morgan fingerprint density at radius 3 is 2.38 bits per heavy atom. The first kappa shape index (κ1) is 24.7. The Bertz CT molecular complexity index is 1090. The standard InChI is InChI=1S/C26H29N3O5/c1-4-26(16-15-23(31)29-25(26)33)19-8-10-20(11-9-19)28-24(32)17(2)27-22(30)14-7-18-5-12-21(34-3)13-6-18/h5-14,17H,4,15-16H2,1-3H3,(H,27,30)(H,28,32)(H,29,31,33)/b14-7+. The molecule has 34 heavy (non-hydrogen) atoms. The number of piperidine rings is 1. The summed E-state index contributed by atoms with van der Waals surface area (Å²) in [5.74, 6) is -0.585. The molecule has 0 radical (unpaired) electrons. The highest BCUT2D eigenvalue weighted by molar-refractivity contribution is 6.03. The highest BCUT2D eigenvalue weighted by atomic mass is 16.5. The van der Waals surface area contributed by atoms with E-state index in [4.69, 9.17) is 4.74 Å². The molecule has 0 aromatic heterocycles. The van der Waals surface area contributed by atoms with Crippen LogP contribution in [0.15, 0.2) is 54.6 Å². The molecule has 0 saturated carbocycles. The Balaban J connectivity index is 1.57. The van der Waals surface area contributed by atoms with E-state index in [1.165, 1.54) is 6.08 Å². The Hall–Kier alpha value is -3.94. The van der Waals surface area contributed by atoms with Gasteiger partial charge in [0.2, 0.25) is 23.6 Å². The summed E-state index contributed by atoms with van der Waals surface area (Å²) in [4.78, 5) is 48.8. The molecule has 1 saturated heterocycles. The van der Waals surface area contributed by atoms with Crippen LogP contribution in [0.1, 0.15) is 44.2 Å². The number of hydrogen-bond donors (Lipinski definition) is 3. The van der Waals surface area contributed by atoms with Gasteiger partial charge in [0.15, 0.2) is 0 Å². The highest BCUT2D eigenvalue weighted by Crippen LogP contribution is 2.36. The average Bonchev–Trinajstić information content (AvgIpc) is 2.84. The van der Waals surface area contributed by atoms with Crippen molar-refractivity contribution in [3.05, 3.63) is 65.7 Å². The van der Waals surface area contributed by atoms with E-state index in [9.17, 15) is 19.2 Å². The minimum Gasteiger partial charge on any atom is -0.497 e. The number of ether oxygens (including phenoxy) is 1. The second-order valence-electron chi connectivity index (χ2n) is 8.22. The number of imide groups is 1. The van der Waals surface area contributed by atoms with Gasteiger partial charge < -0.3 is 15.4 Å². The minimum atomic E-state index is -0.759. The molecule has 2 aromatic rings. The fraction of sp³-hybridized carbons (Fsp3) is 0.308. The van der Waals surface area contributed by atoms with Crippen LogP contribution in [0, 0.1) is 0 Å². The van der Waals surface area contributed by atoms with Gasteiger partial charge in [-0.3, -0.25) is 24.5 Å². The van der Waals surface area contributed by atoms with Crippen molar-refractivity contribution < 1.29 is 23.9 Å². The summed E-state index contributed by atoms with van der Waals surface area (Å²) < 4.78 is 5.10. The van der Waals surface area contributed by atoms with Crippen LogP contribution in [0.2, 0.25) is 0 Å². The lowest BCUT2D eigenvalue weighted by Crippen LogP contribution is -2.51. The summed E-state index contributed by atoms with van der Waals surface area (Å²) in [6.45, 7) is 3.51. The molecule has 1 aliphatic rings. The predicted octanol–water partition coefficient (Wildman–Crippen LogP) is 2.94. The molecule has 2 atom stereocenters. The zero-order valence-electron chi connectivity index (χ0n) is 19.5. The molecule has 8 heteroatoms. The Morgan fingerprint density at radius 2 is 1.79 bits per heavy atom. The number of carbonyl (C=O) groups is 4. The van der Waals surface area contributed by atoms with Gasteiger partial charge in [0.25, 0.3) is 0 Å². The fourth-order valence-corrected chi connectivity index (χ4v) is 3.90. The van der Waals surface area contributed by atoms with Gasteiger partial charge in [-0.25, -0.2) is 0 Å². The molecule has 2 aromatic carbocycles. The lowest BCUT2D eigenvalue weighted by molar-refractivity contribution is -0.138. The van der Waals surface area contributed by atoms with Crippen molar-refractivity contribution in [1.82, 2.24) is 10.6 Å². The van der Waals surface area contributed by atoms with Gasteiger partial charge >= 0.3 is 0 Å². The number of anilines is 1. The lowest BCUT2D eigenvalue weighted by Gasteiger charge is -2.35. The Labute approximate surface area is 198 Å². The first-order valence-electron chi connectivity index (χ1n) is 11.2. The van der Waals surface area contributed by atoms with Crippen molar-refractivity contribution in [2.45, 2.75) is 44.6 Å². The first-order chi connectivity index (χ1) is 16.3. The van der Waals surface area contributed by atoms with E-state index in [0.717, 1.165) is 16.9 Å². The maximum absolute atomic E-state index is 12.5. The van der Waals surface area contributed by atoms with Gasteiger partial charge in [0, 0.05) is 18.2 Å². The molecule has 178 valence electrons. The van der Waals surface area contributed by atoms with E-state index in [2.05, 4.69) is 16.0 Å². The monoisotopic (exact) mass is 463 g/mol. The summed E-state index contributed by atoms with van der Waals surface area (Å²) in [5, 5.41) is 7.83. The van der Waals surface area contributed by atoms with Gasteiger partial charge in [-0.05, 0) is 61.2 Å². The lowest BCUT2D eigenvalue weighted by atomic mass is 9.72. The van der Waals surface area contributed by atoms with Crippen LogP contribution in [0.4, 0.5) is 5.69 Å². The van der Waals surface area contributed by atoms with Crippen LogP contribution in [-0.4, -0.2) is 36.8 Å². The largest absolute Gasteiger partial charge is 0.497 e. The third kappa shape index (κ3) is 5.70. The van der Waals surface area contributed by atoms with E-state index >= 15 is 0 Å². The van der Waals surface area contributed by atoms with E-state index in [-0.39, 0.29) is 17.7 Å². The van der Waals surface area contributed by atoms with Crippen LogP contribution in [0.5, 0.6) is 5.75 Å². The van der Waals surface area contributed by atoms with E-state index in [1.807, 2.05) is 19.1 Å². The molecular weight excluding hydrogens is 434 g/mol. The molecule has 3 N–H and O–H groups in total. The number of benzene rings is 2. The molecule has 1 fully saturated rings. The van der Waals surface area contributed by atoms with Gasteiger partial charge in [-0.1, -0.05) is 31.2 Å². The van der Waals surface area contributed by atoms with Crippen LogP contribution in [0.3, 0.4) is 0 Å². The molecular formula is C26H29N3O5. The summed E-state index contributed by atoms with van der Waals surface area (Å²) >= 11 is 0. The number of rotatable bonds is 8. The van der Waals surface area contributed by atoms with Gasteiger partial charge in [-0.2, -0.15) is 0 Å². The minimum absolute atomic E-state index is 0.257. The maximum Gasteiger partial charge on any atom is 0.246 e. The van der Waals surface area contributed by atoms with E-state index in [0.29, 0.717) is 24.9 Å².